The number of carbonyl (C=O) groups excluding carboxylic acids is 2. The van der Waals surface area contributed by atoms with Crippen LogP contribution < -0.4 is 19.1 Å². The van der Waals surface area contributed by atoms with Crippen LogP contribution in [0.1, 0.15) is 18.1 Å². The summed E-state index contributed by atoms with van der Waals surface area (Å²) in [6.07, 6.45) is 0. The lowest BCUT2D eigenvalue weighted by Gasteiger charge is -2.32. The van der Waals surface area contributed by atoms with Crippen molar-refractivity contribution in [2.75, 3.05) is 32.1 Å². The Morgan fingerprint density at radius 3 is 2.13 bits per heavy atom. The quantitative estimate of drug-likeness (QED) is 0.401. The van der Waals surface area contributed by atoms with Crippen LogP contribution in [0.5, 0.6) is 11.5 Å². The zero-order chi connectivity index (χ0) is 27.9. The van der Waals surface area contributed by atoms with Gasteiger partial charge in [0.25, 0.3) is 10.0 Å². The normalized spacial score (nSPS) is 11.8. The summed E-state index contributed by atoms with van der Waals surface area (Å²) >= 11 is 0. The Labute approximate surface area is 224 Å². The molecule has 0 heterocycles. The first kappa shape index (κ1) is 28.5. The van der Waals surface area contributed by atoms with E-state index in [4.69, 9.17) is 9.47 Å². The summed E-state index contributed by atoms with van der Waals surface area (Å²) in [4.78, 5) is 27.8. The SMILES string of the molecule is CNC(=O)[C@@H](C)N(Cc1cccc(OC)c1)C(=O)CN(c1ccc(OC)cc1)S(=O)(=O)c1ccc(C)cc1. The highest BCUT2D eigenvalue weighted by Gasteiger charge is 2.32. The second-order valence-electron chi connectivity index (χ2n) is 8.69. The topological polar surface area (TPSA) is 105 Å². The number of rotatable bonds is 11. The van der Waals surface area contributed by atoms with Gasteiger partial charge in [0, 0.05) is 13.6 Å². The Morgan fingerprint density at radius 2 is 1.55 bits per heavy atom. The van der Waals surface area contributed by atoms with Crippen molar-refractivity contribution in [2.24, 2.45) is 0 Å². The van der Waals surface area contributed by atoms with Gasteiger partial charge in [-0.2, -0.15) is 0 Å². The van der Waals surface area contributed by atoms with Crippen LogP contribution >= 0.6 is 0 Å². The van der Waals surface area contributed by atoms with Gasteiger partial charge in [0.1, 0.15) is 24.1 Å². The number of nitrogens with one attached hydrogen (secondary N) is 1. The number of aryl methyl sites for hydroxylation is 1. The number of hydrogen-bond acceptors (Lipinski definition) is 6. The molecule has 202 valence electrons. The summed E-state index contributed by atoms with van der Waals surface area (Å²) in [5.41, 5.74) is 1.92. The molecule has 0 saturated heterocycles. The average Bonchev–Trinajstić information content (AvgIpc) is 2.94. The first-order valence-electron chi connectivity index (χ1n) is 12.0. The molecule has 0 fully saturated rings. The molecule has 0 aliphatic carbocycles. The smallest absolute Gasteiger partial charge is 0.264 e. The van der Waals surface area contributed by atoms with Crippen LogP contribution in [-0.4, -0.2) is 59.0 Å². The van der Waals surface area contributed by atoms with Crippen molar-refractivity contribution in [3.8, 4) is 11.5 Å². The molecule has 0 aliphatic rings. The molecule has 0 radical (unpaired) electrons. The van der Waals surface area contributed by atoms with Gasteiger partial charge >= 0.3 is 0 Å². The molecule has 3 aromatic carbocycles. The average molecular weight is 540 g/mol. The highest BCUT2D eigenvalue weighted by atomic mass is 32.2. The number of benzene rings is 3. The molecule has 0 aromatic heterocycles. The lowest BCUT2D eigenvalue weighted by molar-refractivity contribution is -0.139. The van der Waals surface area contributed by atoms with Crippen molar-refractivity contribution >= 4 is 27.5 Å². The number of sulfonamides is 1. The molecule has 38 heavy (non-hydrogen) atoms. The third-order valence-corrected chi connectivity index (χ3v) is 7.94. The second-order valence-corrected chi connectivity index (χ2v) is 10.5. The number of methoxy groups -OCH3 is 2. The fourth-order valence-corrected chi connectivity index (χ4v) is 5.29. The number of amides is 2. The maximum absolute atomic E-state index is 13.8. The summed E-state index contributed by atoms with van der Waals surface area (Å²) in [5, 5.41) is 2.56. The van der Waals surface area contributed by atoms with Crippen LogP contribution in [0.3, 0.4) is 0 Å². The molecule has 0 aliphatic heterocycles. The summed E-state index contributed by atoms with van der Waals surface area (Å²) in [5.74, 6) is 0.221. The van der Waals surface area contributed by atoms with Gasteiger partial charge in [0.05, 0.1) is 24.8 Å². The molecule has 1 N–H and O–H groups in total. The second kappa shape index (κ2) is 12.5. The van der Waals surface area contributed by atoms with Crippen molar-refractivity contribution in [1.29, 1.82) is 0 Å². The van der Waals surface area contributed by atoms with E-state index in [-0.39, 0.29) is 23.0 Å². The lowest BCUT2D eigenvalue weighted by Crippen LogP contribution is -2.50. The van der Waals surface area contributed by atoms with E-state index in [1.54, 1.807) is 61.5 Å². The maximum Gasteiger partial charge on any atom is 0.264 e. The maximum atomic E-state index is 13.8. The number of nitrogens with zero attached hydrogens (tertiary/aromatic N) is 2. The van der Waals surface area contributed by atoms with E-state index >= 15 is 0 Å². The fraction of sp³-hybridized carbons (Fsp3) is 0.286. The van der Waals surface area contributed by atoms with Crippen LogP contribution in [0.25, 0.3) is 0 Å². The van der Waals surface area contributed by atoms with Crippen molar-refractivity contribution in [3.63, 3.8) is 0 Å². The molecule has 3 rings (SSSR count). The van der Waals surface area contributed by atoms with Crippen LogP contribution in [0.15, 0.2) is 77.7 Å². The van der Waals surface area contributed by atoms with Crippen LogP contribution in [0, 0.1) is 6.92 Å². The van der Waals surface area contributed by atoms with Crippen molar-refractivity contribution < 1.29 is 27.5 Å². The molecular formula is C28H33N3O6S. The molecule has 0 bridgehead atoms. The highest BCUT2D eigenvalue weighted by molar-refractivity contribution is 7.92. The molecule has 0 saturated carbocycles. The third kappa shape index (κ3) is 6.63. The van der Waals surface area contributed by atoms with Gasteiger partial charge < -0.3 is 19.7 Å². The van der Waals surface area contributed by atoms with Gasteiger partial charge in [-0.3, -0.25) is 13.9 Å². The van der Waals surface area contributed by atoms with Crippen LogP contribution in [-0.2, 0) is 26.2 Å². The number of hydrogen-bond donors (Lipinski definition) is 1. The van der Waals surface area contributed by atoms with Gasteiger partial charge in [-0.1, -0.05) is 29.8 Å². The summed E-state index contributed by atoms with van der Waals surface area (Å²) in [7, 11) is 0.404. The molecule has 2 amide bonds. The fourth-order valence-electron chi connectivity index (χ4n) is 3.87. The molecule has 0 spiro atoms. The van der Waals surface area contributed by atoms with Gasteiger partial charge in [0.15, 0.2) is 0 Å². The summed E-state index contributed by atoms with van der Waals surface area (Å²) < 4.78 is 39.1. The predicted molar refractivity (Wildman–Crippen MR) is 146 cm³/mol. The molecule has 0 unspecified atom stereocenters. The zero-order valence-electron chi connectivity index (χ0n) is 22.2. The van der Waals surface area contributed by atoms with E-state index in [0.29, 0.717) is 11.5 Å². The first-order chi connectivity index (χ1) is 18.1. The Bertz CT molecular complexity index is 1360. The zero-order valence-corrected chi connectivity index (χ0v) is 23.0. The Morgan fingerprint density at radius 1 is 0.921 bits per heavy atom. The number of anilines is 1. The molecule has 3 aromatic rings. The van der Waals surface area contributed by atoms with Crippen molar-refractivity contribution in [2.45, 2.75) is 31.3 Å². The number of likely N-dealkylation sites (N-methyl/N-ethyl adjacent to an activating group) is 1. The number of ether oxygens (including phenoxy) is 2. The van der Waals surface area contributed by atoms with E-state index in [2.05, 4.69) is 5.32 Å². The molecule has 9 nitrogen and oxygen atoms in total. The van der Waals surface area contributed by atoms with Crippen LogP contribution in [0.2, 0.25) is 0 Å². The largest absolute Gasteiger partial charge is 0.497 e. The van der Waals surface area contributed by atoms with E-state index in [0.717, 1.165) is 15.4 Å². The highest BCUT2D eigenvalue weighted by Crippen LogP contribution is 2.27. The number of carbonyl (C=O) groups is 2. The monoisotopic (exact) mass is 539 g/mol. The molecule has 10 heteroatoms. The van der Waals surface area contributed by atoms with Crippen molar-refractivity contribution in [1.82, 2.24) is 10.2 Å². The third-order valence-electron chi connectivity index (χ3n) is 6.15. The summed E-state index contributed by atoms with van der Waals surface area (Å²) in [6.45, 7) is 3.01. The van der Waals surface area contributed by atoms with Gasteiger partial charge in [-0.05, 0) is 67.9 Å². The molecule has 1 atom stereocenters. The van der Waals surface area contributed by atoms with Gasteiger partial charge in [-0.25, -0.2) is 8.42 Å². The minimum atomic E-state index is -4.13. The van der Waals surface area contributed by atoms with Gasteiger partial charge in [0.2, 0.25) is 11.8 Å². The predicted octanol–water partition coefficient (Wildman–Crippen LogP) is 3.37. The minimum absolute atomic E-state index is 0.0467. The summed E-state index contributed by atoms with van der Waals surface area (Å²) in [6, 6.07) is 19.1. The molecular weight excluding hydrogens is 506 g/mol. The first-order valence-corrected chi connectivity index (χ1v) is 13.4. The van der Waals surface area contributed by atoms with Crippen LogP contribution in [0.4, 0.5) is 5.69 Å². The van der Waals surface area contributed by atoms with E-state index in [1.807, 2.05) is 13.0 Å². The lowest BCUT2D eigenvalue weighted by atomic mass is 10.1. The van der Waals surface area contributed by atoms with E-state index < -0.39 is 28.5 Å². The minimum Gasteiger partial charge on any atom is -0.497 e. The Hall–Kier alpha value is -4.05. The van der Waals surface area contributed by atoms with Gasteiger partial charge in [-0.15, -0.1) is 0 Å². The standard InChI is InChI=1S/C28H33N3O6S/c1-20-9-15-26(16-10-20)38(34,35)31(23-11-13-24(36-4)14-12-23)19-27(32)30(21(2)28(33)29-3)18-22-7-6-8-25(17-22)37-5/h6-17,21H,18-19H2,1-5H3,(H,29,33)/t21-/m1/s1. The van der Waals surface area contributed by atoms with Crippen molar-refractivity contribution in [3.05, 3.63) is 83.9 Å². The van der Waals surface area contributed by atoms with E-state index in [9.17, 15) is 18.0 Å². The Kier molecular flexibility index (Phi) is 9.35. The van der Waals surface area contributed by atoms with E-state index in [1.165, 1.54) is 38.3 Å². The Balaban J connectivity index is 2.03.